The summed E-state index contributed by atoms with van der Waals surface area (Å²) in [5.74, 6) is -0.260. The van der Waals surface area contributed by atoms with E-state index in [4.69, 9.17) is 14.2 Å². The number of rotatable bonds is 9. The number of aliphatic hydroxyl groups is 2. The first-order chi connectivity index (χ1) is 14.0. The number of hydrogen-bond donors (Lipinski definition) is 3. The van der Waals surface area contributed by atoms with Crippen LogP contribution in [0.4, 0.5) is 4.79 Å². The third-order valence-corrected chi connectivity index (χ3v) is 6.97. The molecule has 7 heteroatoms. The van der Waals surface area contributed by atoms with Gasteiger partial charge in [-0.1, -0.05) is 32.4 Å². The summed E-state index contributed by atoms with van der Waals surface area (Å²) in [7, 11) is 1.59. The highest BCUT2D eigenvalue weighted by atomic mass is 16.6. The van der Waals surface area contributed by atoms with Crippen LogP contribution in [0.5, 0.6) is 0 Å². The summed E-state index contributed by atoms with van der Waals surface area (Å²) in [6, 6.07) is -0.372. The van der Waals surface area contributed by atoms with E-state index in [0.29, 0.717) is 19.4 Å². The number of epoxide rings is 1. The van der Waals surface area contributed by atoms with E-state index < -0.39 is 29.5 Å². The van der Waals surface area contributed by atoms with E-state index in [0.717, 1.165) is 6.42 Å². The molecule has 7 nitrogen and oxygen atoms in total. The minimum absolute atomic E-state index is 0.0246. The summed E-state index contributed by atoms with van der Waals surface area (Å²) in [6.07, 6.45) is 2.63. The van der Waals surface area contributed by atoms with Gasteiger partial charge in [-0.15, -0.1) is 0 Å². The van der Waals surface area contributed by atoms with Gasteiger partial charge in [0.15, 0.2) is 0 Å². The van der Waals surface area contributed by atoms with E-state index in [1.807, 2.05) is 41.5 Å². The quantitative estimate of drug-likeness (QED) is 0.386. The predicted molar refractivity (Wildman–Crippen MR) is 115 cm³/mol. The standard InChI is InChI=1S/C23H41NO6/c1-14(2)8-9-16(5)22(6,27)20-19(28-7)18(10-11-23(20)13-29-23)30-21(26)24-17(12-25)15(3)4/h8,15-20,25,27H,9-13H2,1-7H3,(H,24,26)/t16-,17+,18?,19?,20?,22-,23+/m1/s1. The normalized spacial score (nSPS) is 32.3. The average Bonchev–Trinajstić information content (AvgIpc) is 3.44. The maximum Gasteiger partial charge on any atom is 0.407 e. The van der Waals surface area contributed by atoms with Crippen LogP contribution in [0.25, 0.3) is 0 Å². The summed E-state index contributed by atoms with van der Waals surface area (Å²) in [6.45, 7) is 12.3. The van der Waals surface area contributed by atoms with Crippen molar-refractivity contribution in [1.29, 1.82) is 0 Å². The zero-order valence-electron chi connectivity index (χ0n) is 19.6. The van der Waals surface area contributed by atoms with Crippen molar-refractivity contribution in [3.8, 4) is 0 Å². The van der Waals surface area contributed by atoms with Crippen molar-refractivity contribution in [2.45, 2.75) is 90.3 Å². The van der Waals surface area contributed by atoms with Crippen LogP contribution in [0, 0.1) is 17.8 Å². The second-order valence-corrected chi connectivity index (χ2v) is 9.84. The lowest BCUT2D eigenvalue weighted by Crippen LogP contribution is -2.61. The molecule has 1 aliphatic carbocycles. The van der Waals surface area contributed by atoms with E-state index in [9.17, 15) is 15.0 Å². The molecule has 7 atom stereocenters. The van der Waals surface area contributed by atoms with Crippen molar-refractivity contribution in [3.63, 3.8) is 0 Å². The first kappa shape index (κ1) is 25.1. The van der Waals surface area contributed by atoms with E-state index in [2.05, 4.69) is 11.4 Å². The summed E-state index contributed by atoms with van der Waals surface area (Å²) in [4.78, 5) is 12.5. The van der Waals surface area contributed by atoms with Crippen LogP contribution < -0.4 is 5.32 Å². The van der Waals surface area contributed by atoms with Gasteiger partial charge in [0.05, 0.1) is 30.5 Å². The lowest BCUT2D eigenvalue weighted by molar-refractivity contribution is -0.178. The number of amides is 1. The first-order valence-electron chi connectivity index (χ1n) is 11.1. The van der Waals surface area contributed by atoms with Crippen molar-refractivity contribution < 1.29 is 29.2 Å². The van der Waals surface area contributed by atoms with Crippen LogP contribution in [0.15, 0.2) is 11.6 Å². The van der Waals surface area contributed by atoms with E-state index in [1.165, 1.54) is 5.57 Å². The van der Waals surface area contributed by atoms with Crippen LogP contribution >= 0.6 is 0 Å². The monoisotopic (exact) mass is 427 g/mol. The van der Waals surface area contributed by atoms with Gasteiger partial charge in [0.25, 0.3) is 0 Å². The number of allylic oxidation sites excluding steroid dienone is 2. The maximum absolute atomic E-state index is 12.5. The summed E-state index contributed by atoms with van der Waals surface area (Å²) in [5.41, 5.74) is -0.276. The van der Waals surface area contributed by atoms with Crippen LogP contribution in [-0.2, 0) is 14.2 Å². The van der Waals surface area contributed by atoms with Crippen molar-refractivity contribution >= 4 is 6.09 Å². The van der Waals surface area contributed by atoms with Crippen LogP contribution in [0.3, 0.4) is 0 Å². The fraction of sp³-hybridized carbons (Fsp3) is 0.870. The molecule has 2 aliphatic rings. The molecule has 3 unspecified atom stereocenters. The minimum Gasteiger partial charge on any atom is -0.443 e. The highest BCUT2D eigenvalue weighted by Crippen LogP contribution is 2.53. The minimum atomic E-state index is -1.06. The van der Waals surface area contributed by atoms with Gasteiger partial charge in [-0.05, 0) is 51.9 Å². The van der Waals surface area contributed by atoms with Crippen LogP contribution in [0.1, 0.15) is 60.8 Å². The lowest BCUT2D eigenvalue weighted by atomic mass is 9.63. The largest absolute Gasteiger partial charge is 0.443 e. The number of carbonyl (C=O) groups is 1. The Kier molecular flexibility index (Phi) is 8.36. The average molecular weight is 428 g/mol. The highest BCUT2D eigenvalue weighted by Gasteiger charge is 2.65. The molecule has 174 valence electrons. The third-order valence-electron chi connectivity index (χ3n) is 6.97. The van der Waals surface area contributed by atoms with E-state index in [1.54, 1.807) is 7.11 Å². The number of alkyl carbamates (subject to hydrolysis) is 1. The van der Waals surface area contributed by atoms with Gasteiger partial charge in [0.2, 0.25) is 0 Å². The SMILES string of the molecule is COC1C(OC(=O)N[C@@H](CO)C(C)C)CC[C@]2(CO2)C1[C@](C)(O)[C@H](C)CC=C(C)C. The molecule has 0 aromatic carbocycles. The molecule has 1 amide bonds. The second-order valence-electron chi connectivity index (χ2n) is 9.84. The van der Waals surface area contributed by atoms with Crippen molar-refractivity contribution in [2.24, 2.45) is 17.8 Å². The molecule has 1 saturated heterocycles. The fourth-order valence-electron chi connectivity index (χ4n) is 4.62. The summed E-state index contributed by atoms with van der Waals surface area (Å²) in [5, 5.41) is 23.8. The Balaban J connectivity index is 2.18. The molecule has 30 heavy (non-hydrogen) atoms. The predicted octanol–water partition coefficient (Wildman–Crippen LogP) is 3.04. The Morgan fingerprint density at radius 1 is 1.37 bits per heavy atom. The van der Waals surface area contributed by atoms with Gasteiger partial charge in [0, 0.05) is 13.0 Å². The molecular weight excluding hydrogens is 386 g/mol. The van der Waals surface area contributed by atoms with Gasteiger partial charge >= 0.3 is 6.09 Å². The van der Waals surface area contributed by atoms with Gasteiger partial charge < -0.3 is 29.7 Å². The molecule has 1 heterocycles. The van der Waals surface area contributed by atoms with Crippen LogP contribution in [0.2, 0.25) is 0 Å². The Hall–Kier alpha value is -1.15. The topological polar surface area (TPSA) is 101 Å². The number of methoxy groups -OCH3 is 1. The van der Waals surface area contributed by atoms with Gasteiger partial charge in [-0.3, -0.25) is 0 Å². The zero-order chi connectivity index (χ0) is 22.7. The van der Waals surface area contributed by atoms with Crippen molar-refractivity contribution in [3.05, 3.63) is 11.6 Å². The molecule has 0 aromatic heterocycles. The van der Waals surface area contributed by atoms with Crippen LogP contribution in [-0.4, -0.2) is 66.1 Å². The van der Waals surface area contributed by atoms with Gasteiger partial charge in [-0.2, -0.15) is 0 Å². The first-order valence-corrected chi connectivity index (χ1v) is 11.1. The van der Waals surface area contributed by atoms with Crippen molar-refractivity contribution in [1.82, 2.24) is 5.32 Å². The number of carbonyl (C=O) groups excluding carboxylic acids is 1. The Morgan fingerprint density at radius 3 is 2.47 bits per heavy atom. The molecule has 3 N–H and O–H groups in total. The van der Waals surface area contributed by atoms with E-state index >= 15 is 0 Å². The highest BCUT2D eigenvalue weighted by molar-refractivity contribution is 5.68. The summed E-state index contributed by atoms with van der Waals surface area (Å²) >= 11 is 0. The lowest BCUT2D eigenvalue weighted by Gasteiger charge is -2.49. The molecule has 2 rings (SSSR count). The second kappa shape index (κ2) is 9.98. The third kappa shape index (κ3) is 5.55. The zero-order valence-corrected chi connectivity index (χ0v) is 19.6. The molecule has 1 saturated carbocycles. The molecule has 1 spiro atoms. The molecule has 0 radical (unpaired) electrons. The number of hydrogen-bond acceptors (Lipinski definition) is 6. The molecule has 0 aromatic rings. The van der Waals surface area contributed by atoms with E-state index in [-0.39, 0.29) is 30.4 Å². The number of nitrogens with one attached hydrogen (secondary N) is 1. The number of ether oxygens (including phenoxy) is 3. The molecule has 2 fully saturated rings. The Bertz CT molecular complexity index is 609. The Morgan fingerprint density at radius 2 is 2.00 bits per heavy atom. The fourth-order valence-corrected chi connectivity index (χ4v) is 4.62. The molecular formula is C23H41NO6. The Labute approximate surface area is 181 Å². The molecule has 0 bridgehead atoms. The summed E-state index contributed by atoms with van der Waals surface area (Å²) < 4.78 is 17.4. The van der Waals surface area contributed by atoms with Gasteiger partial charge in [-0.25, -0.2) is 4.79 Å². The number of aliphatic hydroxyl groups excluding tert-OH is 1. The smallest absolute Gasteiger partial charge is 0.407 e. The van der Waals surface area contributed by atoms with Gasteiger partial charge in [0.1, 0.15) is 12.2 Å². The molecule has 1 aliphatic heterocycles. The maximum atomic E-state index is 12.5. The van der Waals surface area contributed by atoms with Crippen molar-refractivity contribution in [2.75, 3.05) is 20.3 Å².